The molecule has 0 spiro atoms. The molecule has 0 atom stereocenters. The summed E-state index contributed by atoms with van der Waals surface area (Å²) in [5.41, 5.74) is 0. The Morgan fingerprint density at radius 2 is 1.93 bits per heavy atom. The van der Waals surface area contributed by atoms with E-state index in [0.717, 1.165) is 25.0 Å². The zero-order valence-corrected chi connectivity index (χ0v) is 9.76. The van der Waals surface area contributed by atoms with Gasteiger partial charge in [0.2, 0.25) is 0 Å². The highest BCUT2D eigenvalue weighted by Crippen LogP contribution is 2.28. The van der Waals surface area contributed by atoms with Gasteiger partial charge in [-0.3, -0.25) is 4.99 Å². The van der Waals surface area contributed by atoms with Crippen LogP contribution in [0.5, 0.6) is 0 Å². The first-order valence-electron chi connectivity index (χ1n) is 6.43. The van der Waals surface area contributed by atoms with Crippen molar-refractivity contribution in [3.05, 3.63) is 0 Å². The normalized spacial score (nSPS) is 23.1. The monoisotopic (exact) mass is 209 g/mol. The largest absolute Gasteiger partial charge is 0.357 e. The van der Waals surface area contributed by atoms with Crippen molar-refractivity contribution in [3.63, 3.8) is 0 Å². The lowest BCUT2D eigenvalue weighted by Crippen LogP contribution is -2.42. The van der Waals surface area contributed by atoms with Crippen LogP contribution < -0.4 is 10.6 Å². The number of aliphatic imine (C=N–C) groups is 1. The summed E-state index contributed by atoms with van der Waals surface area (Å²) >= 11 is 0. The van der Waals surface area contributed by atoms with Gasteiger partial charge in [-0.25, -0.2) is 0 Å². The van der Waals surface area contributed by atoms with Crippen LogP contribution in [-0.4, -0.2) is 25.1 Å². The van der Waals surface area contributed by atoms with E-state index < -0.39 is 0 Å². The first kappa shape index (κ1) is 10.8. The van der Waals surface area contributed by atoms with Crippen LogP contribution in [0, 0.1) is 5.92 Å². The van der Waals surface area contributed by atoms with Crippen LogP contribution in [0.3, 0.4) is 0 Å². The molecule has 3 heteroatoms. The van der Waals surface area contributed by atoms with Gasteiger partial charge in [-0.2, -0.15) is 0 Å². The minimum absolute atomic E-state index is 0.669. The summed E-state index contributed by atoms with van der Waals surface area (Å²) in [7, 11) is 0. The smallest absolute Gasteiger partial charge is 0.191 e. The summed E-state index contributed by atoms with van der Waals surface area (Å²) in [6.07, 6.45) is 8.14. The predicted octanol–water partition coefficient (Wildman–Crippen LogP) is 1.89. The Morgan fingerprint density at radius 3 is 2.53 bits per heavy atom. The number of guanidine groups is 1. The lowest BCUT2D eigenvalue weighted by Gasteiger charge is -2.16. The van der Waals surface area contributed by atoms with Crippen molar-refractivity contribution in [2.24, 2.45) is 10.9 Å². The van der Waals surface area contributed by atoms with Crippen LogP contribution in [0.25, 0.3) is 0 Å². The average Bonchev–Trinajstić information content (AvgIpc) is 2.93. The molecule has 2 rings (SSSR count). The van der Waals surface area contributed by atoms with Gasteiger partial charge in [0, 0.05) is 19.1 Å². The first-order valence-corrected chi connectivity index (χ1v) is 6.43. The fourth-order valence-corrected chi connectivity index (χ4v) is 2.10. The molecule has 0 aromatic carbocycles. The first-order chi connectivity index (χ1) is 7.38. The van der Waals surface area contributed by atoms with Crippen molar-refractivity contribution in [1.82, 2.24) is 10.6 Å². The summed E-state index contributed by atoms with van der Waals surface area (Å²) in [5, 5.41) is 6.87. The van der Waals surface area contributed by atoms with Gasteiger partial charge >= 0.3 is 0 Å². The second-order valence-electron chi connectivity index (χ2n) is 4.79. The van der Waals surface area contributed by atoms with Crippen LogP contribution in [0.1, 0.15) is 45.4 Å². The van der Waals surface area contributed by atoms with E-state index in [-0.39, 0.29) is 0 Å². The predicted molar refractivity (Wildman–Crippen MR) is 64.1 cm³/mol. The molecule has 0 aliphatic heterocycles. The van der Waals surface area contributed by atoms with Gasteiger partial charge < -0.3 is 10.6 Å². The molecule has 0 saturated heterocycles. The van der Waals surface area contributed by atoms with Crippen molar-refractivity contribution in [2.75, 3.05) is 13.1 Å². The molecule has 0 bridgehead atoms. The molecule has 15 heavy (non-hydrogen) atoms. The number of nitrogens with zero attached hydrogens (tertiary/aromatic N) is 1. The number of rotatable bonds is 4. The van der Waals surface area contributed by atoms with Gasteiger partial charge in [-0.05, 0) is 38.5 Å². The summed E-state index contributed by atoms with van der Waals surface area (Å²) in [5.74, 6) is 1.92. The van der Waals surface area contributed by atoms with Crippen molar-refractivity contribution in [1.29, 1.82) is 0 Å². The summed E-state index contributed by atoms with van der Waals surface area (Å²) in [6, 6.07) is 0.669. The highest BCUT2D eigenvalue weighted by molar-refractivity contribution is 5.80. The summed E-state index contributed by atoms with van der Waals surface area (Å²) < 4.78 is 0. The van der Waals surface area contributed by atoms with Crippen molar-refractivity contribution < 1.29 is 0 Å². The fraction of sp³-hybridized carbons (Fsp3) is 0.917. The van der Waals surface area contributed by atoms with Gasteiger partial charge in [-0.1, -0.05) is 12.8 Å². The number of hydrogen-bond donors (Lipinski definition) is 2. The number of nitrogens with one attached hydrogen (secondary N) is 2. The van der Waals surface area contributed by atoms with E-state index in [4.69, 9.17) is 0 Å². The lowest BCUT2D eigenvalue weighted by atomic mass is 10.2. The van der Waals surface area contributed by atoms with Crippen LogP contribution >= 0.6 is 0 Å². The zero-order chi connectivity index (χ0) is 10.5. The molecule has 0 heterocycles. The van der Waals surface area contributed by atoms with E-state index in [1.807, 2.05) is 0 Å². The highest BCUT2D eigenvalue weighted by atomic mass is 15.2. The van der Waals surface area contributed by atoms with Crippen LogP contribution in [0.2, 0.25) is 0 Å². The molecule has 86 valence electrons. The Balaban J connectivity index is 1.77. The minimum atomic E-state index is 0.669. The average molecular weight is 209 g/mol. The van der Waals surface area contributed by atoms with E-state index >= 15 is 0 Å². The number of hydrogen-bond acceptors (Lipinski definition) is 1. The van der Waals surface area contributed by atoms with Gasteiger partial charge in [0.1, 0.15) is 0 Å². The molecule has 2 aliphatic rings. The van der Waals surface area contributed by atoms with E-state index in [9.17, 15) is 0 Å². The van der Waals surface area contributed by atoms with Crippen LogP contribution in [-0.2, 0) is 0 Å². The van der Waals surface area contributed by atoms with Crippen molar-refractivity contribution in [3.8, 4) is 0 Å². The molecular weight excluding hydrogens is 186 g/mol. The molecule has 0 unspecified atom stereocenters. The molecule has 2 N–H and O–H groups in total. The van der Waals surface area contributed by atoms with Crippen molar-refractivity contribution in [2.45, 2.75) is 51.5 Å². The molecule has 2 saturated carbocycles. The molecular formula is C12H23N3. The maximum Gasteiger partial charge on any atom is 0.191 e. The fourth-order valence-electron chi connectivity index (χ4n) is 2.10. The van der Waals surface area contributed by atoms with Gasteiger partial charge in [0.25, 0.3) is 0 Å². The van der Waals surface area contributed by atoms with Crippen LogP contribution in [0.15, 0.2) is 4.99 Å². The third kappa shape index (κ3) is 3.73. The maximum atomic E-state index is 4.63. The van der Waals surface area contributed by atoms with Gasteiger partial charge in [0.05, 0.1) is 0 Å². The second kappa shape index (κ2) is 5.38. The lowest BCUT2D eigenvalue weighted by molar-refractivity contribution is 0.612. The molecule has 3 nitrogen and oxygen atoms in total. The third-order valence-electron chi connectivity index (χ3n) is 3.24. The SMILES string of the molecule is CCNC(=NCC1CC1)NC1CCCC1. The van der Waals surface area contributed by atoms with E-state index in [1.54, 1.807) is 0 Å². The quantitative estimate of drug-likeness (QED) is 0.548. The molecule has 2 aliphatic carbocycles. The molecule has 0 amide bonds. The Hall–Kier alpha value is -0.730. The maximum absolute atomic E-state index is 4.63. The third-order valence-corrected chi connectivity index (χ3v) is 3.24. The highest BCUT2D eigenvalue weighted by Gasteiger charge is 2.21. The zero-order valence-electron chi connectivity index (χ0n) is 9.76. The van der Waals surface area contributed by atoms with Gasteiger partial charge in [0.15, 0.2) is 5.96 Å². The Kier molecular flexibility index (Phi) is 3.87. The summed E-state index contributed by atoms with van der Waals surface area (Å²) in [4.78, 5) is 4.63. The standard InChI is InChI=1S/C12H23N3/c1-2-13-12(14-9-10-7-8-10)15-11-5-3-4-6-11/h10-11H,2-9H2,1H3,(H2,13,14,15). The van der Waals surface area contributed by atoms with Crippen LogP contribution in [0.4, 0.5) is 0 Å². The Bertz CT molecular complexity index is 215. The van der Waals surface area contributed by atoms with Crippen molar-refractivity contribution >= 4 is 5.96 Å². The second-order valence-corrected chi connectivity index (χ2v) is 4.79. The summed E-state index contributed by atoms with van der Waals surface area (Å²) in [6.45, 7) is 4.11. The van der Waals surface area contributed by atoms with E-state index in [1.165, 1.54) is 38.5 Å². The van der Waals surface area contributed by atoms with E-state index in [0.29, 0.717) is 6.04 Å². The Labute approximate surface area is 92.7 Å². The molecule has 0 radical (unpaired) electrons. The molecule has 2 fully saturated rings. The molecule has 0 aromatic heterocycles. The minimum Gasteiger partial charge on any atom is -0.357 e. The Morgan fingerprint density at radius 1 is 1.20 bits per heavy atom. The van der Waals surface area contributed by atoms with E-state index in [2.05, 4.69) is 22.5 Å². The van der Waals surface area contributed by atoms with Gasteiger partial charge in [-0.15, -0.1) is 0 Å². The molecule has 0 aromatic rings. The topological polar surface area (TPSA) is 36.4 Å².